The second kappa shape index (κ2) is 4.23. The molecule has 68 valence electrons. The normalized spacial score (nSPS) is 13.2. The van der Waals surface area contributed by atoms with E-state index in [0.29, 0.717) is 24.5 Å². The minimum Gasteiger partial charge on any atom is -0.446 e. The van der Waals surface area contributed by atoms with Crippen LogP contribution in [0.2, 0.25) is 0 Å². The van der Waals surface area contributed by atoms with E-state index in [4.69, 9.17) is 14.6 Å². The number of hydrogen-bond acceptors (Lipinski definition) is 4. The van der Waals surface area contributed by atoms with Gasteiger partial charge >= 0.3 is 0 Å². The zero-order valence-corrected chi connectivity index (χ0v) is 7.03. The van der Waals surface area contributed by atoms with Gasteiger partial charge in [-0.15, -0.1) is 0 Å². The first-order valence-corrected chi connectivity index (χ1v) is 3.95. The largest absolute Gasteiger partial charge is 0.446 e. The van der Waals surface area contributed by atoms with E-state index in [1.165, 1.54) is 0 Å². The van der Waals surface area contributed by atoms with Gasteiger partial charge in [-0.25, -0.2) is 4.98 Å². The monoisotopic (exact) mass is 171 g/mol. The summed E-state index contributed by atoms with van der Waals surface area (Å²) >= 11 is 0. The van der Waals surface area contributed by atoms with E-state index in [2.05, 4.69) is 4.98 Å². The Hall–Kier alpha value is -0.870. The molecule has 4 heteroatoms. The molecule has 0 fully saturated rings. The fraction of sp³-hybridized carbons (Fsp3) is 0.625. The molecular formula is C8H13NO3. The Morgan fingerprint density at radius 1 is 1.67 bits per heavy atom. The molecule has 0 bridgehead atoms. The lowest BCUT2D eigenvalue weighted by Crippen LogP contribution is -2.02. The summed E-state index contributed by atoms with van der Waals surface area (Å²) in [6, 6.07) is 0. The zero-order chi connectivity index (χ0) is 8.97. The van der Waals surface area contributed by atoms with Gasteiger partial charge < -0.3 is 14.6 Å². The molecule has 12 heavy (non-hydrogen) atoms. The van der Waals surface area contributed by atoms with Crippen molar-refractivity contribution in [1.29, 1.82) is 0 Å². The Morgan fingerprint density at radius 2 is 2.42 bits per heavy atom. The number of nitrogens with zero attached hydrogens (tertiary/aromatic N) is 1. The van der Waals surface area contributed by atoms with E-state index in [0.717, 1.165) is 0 Å². The average molecular weight is 171 g/mol. The maximum atomic E-state index is 9.01. The first-order chi connectivity index (χ1) is 5.72. The number of oxazole rings is 1. The van der Waals surface area contributed by atoms with E-state index in [1.807, 2.05) is 0 Å². The molecule has 4 nitrogen and oxygen atoms in total. The molecule has 0 saturated carbocycles. The van der Waals surface area contributed by atoms with E-state index in [9.17, 15) is 0 Å². The molecule has 1 aromatic heterocycles. The maximum Gasteiger partial charge on any atom is 0.196 e. The van der Waals surface area contributed by atoms with Crippen LogP contribution in [0.4, 0.5) is 0 Å². The molecule has 1 heterocycles. The number of aromatic nitrogens is 1. The lowest BCUT2D eigenvalue weighted by molar-refractivity contribution is 0.186. The van der Waals surface area contributed by atoms with E-state index < -0.39 is 6.10 Å². The molecule has 0 aromatic carbocycles. The summed E-state index contributed by atoms with van der Waals surface area (Å²) in [6.45, 7) is 1.73. The van der Waals surface area contributed by atoms with Crippen LogP contribution < -0.4 is 0 Å². The molecule has 0 aliphatic rings. The van der Waals surface area contributed by atoms with Crippen molar-refractivity contribution < 1.29 is 14.6 Å². The van der Waals surface area contributed by atoms with Gasteiger partial charge in [0, 0.05) is 12.8 Å². The molecule has 0 amide bonds. The van der Waals surface area contributed by atoms with Crippen LogP contribution in [0.5, 0.6) is 0 Å². The van der Waals surface area contributed by atoms with E-state index >= 15 is 0 Å². The first kappa shape index (κ1) is 9.22. The molecule has 0 aliphatic carbocycles. The summed E-state index contributed by atoms with van der Waals surface area (Å²) in [6.07, 6.45) is 2.07. The highest BCUT2D eigenvalue weighted by atomic mass is 16.4. The van der Waals surface area contributed by atoms with Crippen LogP contribution in [0.1, 0.15) is 18.6 Å². The zero-order valence-electron chi connectivity index (χ0n) is 7.03. The van der Waals surface area contributed by atoms with E-state index in [1.54, 1.807) is 13.1 Å². The fourth-order valence-corrected chi connectivity index (χ4v) is 0.945. The van der Waals surface area contributed by atoms with Crippen LogP contribution in [0.25, 0.3) is 0 Å². The second-order valence-electron chi connectivity index (χ2n) is 2.75. The lowest BCUT2D eigenvalue weighted by Gasteiger charge is -1.97. The standard InChI is InChI=1S/C8H13NO3/c1-6(11)4-7-5-9-8(12-7)2-3-10/h5-6,10-11H,2-4H2,1H3. The van der Waals surface area contributed by atoms with Crippen molar-refractivity contribution in [3.05, 3.63) is 17.8 Å². The smallest absolute Gasteiger partial charge is 0.196 e. The van der Waals surface area contributed by atoms with Crippen LogP contribution in [-0.4, -0.2) is 27.9 Å². The predicted molar refractivity (Wildman–Crippen MR) is 42.7 cm³/mol. The van der Waals surface area contributed by atoms with Crippen molar-refractivity contribution in [1.82, 2.24) is 4.98 Å². The van der Waals surface area contributed by atoms with Gasteiger partial charge in [0.1, 0.15) is 5.76 Å². The predicted octanol–water partition coefficient (Wildman–Crippen LogP) is 0.133. The molecule has 1 atom stereocenters. The van der Waals surface area contributed by atoms with Gasteiger partial charge in [0.2, 0.25) is 0 Å². The summed E-state index contributed by atoms with van der Waals surface area (Å²) in [7, 11) is 0. The maximum absolute atomic E-state index is 9.01. The Labute approximate surface area is 70.9 Å². The van der Waals surface area contributed by atoms with Gasteiger partial charge in [0.05, 0.1) is 18.9 Å². The highest BCUT2D eigenvalue weighted by Gasteiger charge is 2.05. The fourth-order valence-electron chi connectivity index (χ4n) is 0.945. The summed E-state index contributed by atoms with van der Waals surface area (Å²) in [5.74, 6) is 1.18. The topological polar surface area (TPSA) is 66.5 Å². The third-order valence-corrected chi connectivity index (χ3v) is 1.42. The SMILES string of the molecule is CC(O)Cc1cnc(CCO)o1. The Morgan fingerprint density at radius 3 is 3.00 bits per heavy atom. The van der Waals surface area contributed by atoms with Crippen LogP contribution in [0.15, 0.2) is 10.6 Å². The number of aliphatic hydroxyl groups excluding tert-OH is 2. The molecule has 1 rings (SSSR count). The minimum absolute atomic E-state index is 0.0363. The quantitative estimate of drug-likeness (QED) is 0.676. The van der Waals surface area contributed by atoms with Gasteiger partial charge in [-0.2, -0.15) is 0 Å². The molecular weight excluding hydrogens is 158 g/mol. The van der Waals surface area contributed by atoms with Crippen LogP contribution in [0.3, 0.4) is 0 Å². The van der Waals surface area contributed by atoms with E-state index in [-0.39, 0.29) is 6.61 Å². The molecule has 0 saturated heterocycles. The molecule has 1 aromatic rings. The van der Waals surface area contributed by atoms with Crippen molar-refractivity contribution in [2.45, 2.75) is 25.9 Å². The van der Waals surface area contributed by atoms with Crippen molar-refractivity contribution in [2.24, 2.45) is 0 Å². The summed E-state index contributed by atoms with van der Waals surface area (Å²) in [5.41, 5.74) is 0. The Balaban J connectivity index is 2.52. The number of hydrogen-bond donors (Lipinski definition) is 2. The van der Waals surface area contributed by atoms with Crippen molar-refractivity contribution >= 4 is 0 Å². The molecule has 0 radical (unpaired) electrons. The summed E-state index contributed by atoms with van der Waals surface area (Å²) in [5, 5.41) is 17.6. The number of aliphatic hydroxyl groups is 2. The highest BCUT2D eigenvalue weighted by Crippen LogP contribution is 2.06. The minimum atomic E-state index is -0.417. The molecule has 2 N–H and O–H groups in total. The third kappa shape index (κ3) is 2.64. The van der Waals surface area contributed by atoms with Gasteiger partial charge in [0.15, 0.2) is 5.89 Å². The van der Waals surface area contributed by atoms with Crippen LogP contribution >= 0.6 is 0 Å². The van der Waals surface area contributed by atoms with Crippen LogP contribution in [-0.2, 0) is 12.8 Å². The summed E-state index contributed by atoms with van der Waals surface area (Å²) < 4.78 is 5.20. The second-order valence-corrected chi connectivity index (χ2v) is 2.75. The molecule has 0 spiro atoms. The van der Waals surface area contributed by atoms with Crippen LogP contribution in [0, 0.1) is 0 Å². The van der Waals surface area contributed by atoms with Crippen molar-refractivity contribution in [3.8, 4) is 0 Å². The van der Waals surface area contributed by atoms with Gasteiger partial charge in [-0.1, -0.05) is 0 Å². The van der Waals surface area contributed by atoms with Crippen molar-refractivity contribution in [2.75, 3.05) is 6.61 Å². The number of rotatable bonds is 4. The highest BCUT2D eigenvalue weighted by molar-refractivity contribution is 4.95. The first-order valence-electron chi connectivity index (χ1n) is 3.95. The van der Waals surface area contributed by atoms with Gasteiger partial charge in [0.25, 0.3) is 0 Å². The van der Waals surface area contributed by atoms with Crippen molar-refractivity contribution in [3.63, 3.8) is 0 Å². The summed E-state index contributed by atoms with van der Waals surface area (Å²) in [4.78, 5) is 3.92. The Kier molecular flexibility index (Phi) is 3.25. The Bertz CT molecular complexity index is 232. The van der Waals surface area contributed by atoms with Gasteiger partial charge in [-0.05, 0) is 6.92 Å². The third-order valence-electron chi connectivity index (χ3n) is 1.42. The van der Waals surface area contributed by atoms with Gasteiger partial charge in [-0.3, -0.25) is 0 Å². The molecule has 0 aliphatic heterocycles. The molecule has 1 unspecified atom stereocenters. The average Bonchev–Trinajstić information content (AvgIpc) is 2.36. The lowest BCUT2D eigenvalue weighted by atomic mass is 10.2.